The summed E-state index contributed by atoms with van der Waals surface area (Å²) in [5.41, 5.74) is 2.39. The third-order valence-electron chi connectivity index (χ3n) is 5.47. The number of tetrazole rings is 1. The van der Waals surface area contributed by atoms with Crippen molar-refractivity contribution in [2.75, 3.05) is 11.9 Å². The standard InChI is InChI=1S/C24H22N6O2/c31-22(14-17-7-3-6-16-5-1-2-10-21(16)17)25-15-23(32)26-19-9-4-8-18(13-19)24-27-28-29-30(24)20-11-12-20/h1-10,13,20H,11-12,14-15H2,(H,25,31)(H,26,32). The first-order chi connectivity index (χ1) is 15.7. The second-order valence-electron chi connectivity index (χ2n) is 7.90. The van der Waals surface area contributed by atoms with Gasteiger partial charge in [0.2, 0.25) is 11.8 Å². The van der Waals surface area contributed by atoms with Crippen molar-refractivity contribution in [3.05, 3.63) is 72.3 Å². The Hall–Kier alpha value is -4.07. The molecule has 8 nitrogen and oxygen atoms in total. The number of nitrogens with one attached hydrogen (secondary N) is 2. The van der Waals surface area contributed by atoms with Crippen LogP contribution in [-0.2, 0) is 16.0 Å². The summed E-state index contributed by atoms with van der Waals surface area (Å²) in [6.07, 6.45) is 2.37. The van der Waals surface area contributed by atoms with E-state index >= 15 is 0 Å². The van der Waals surface area contributed by atoms with Crippen molar-refractivity contribution in [2.45, 2.75) is 25.3 Å². The molecule has 32 heavy (non-hydrogen) atoms. The molecule has 1 saturated carbocycles. The van der Waals surface area contributed by atoms with Gasteiger partial charge in [-0.3, -0.25) is 9.59 Å². The van der Waals surface area contributed by atoms with E-state index in [1.54, 1.807) is 6.07 Å². The van der Waals surface area contributed by atoms with Crippen LogP contribution in [0.1, 0.15) is 24.4 Å². The summed E-state index contributed by atoms with van der Waals surface area (Å²) in [7, 11) is 0. The van der Waals surface area contributed by atoms with Crippen molar-refractivity contribution >= 4 is 28.3 Å². The van der Waals surface area contributed by atoms with Crippen LogP contribution in [0.2, 0.25) is 0 Å². The van der Waals surface area contributed by atoms with Crippen LogP contribution in [0, 0.1) is 0 Å². The second kappa shape index (κ2) is 8.58. The lowest BCUT2D eigenvalue weighted by atomic mass is 10.0. The Labute approximate surface area is 184 Å². The van der Waals surface area contributed by atoms with Gasteiger partial charge in [-0.05, 0) is 51.7 Å². The molecule has 1 aliphatic rings. The molecule has 1 aliphatic carbocycles. The largest absolute Gasteiger partial charge is 0.347 e. The van der Waals surface area contributed by atoms with Crippen LogP contribution in [0.5, 0.6) is 0 Å². The Kier molecular flexibility index (Phi) is 5.33. The fraction of sp³-hybridized carbons (Fsp3) is 0.208. The monoisotopic (exact) mass is 426 g/mol. The zero-order chi connectivity index (χ0) is 21.9. The molecule has 1 heterocycles. The van der Waals surface area contributed by atoms with Crippen LogP contribution in [0.4, 0.5) is 5.69 Å². The van der Waals surface area contributed by atoms with E-state index in [0.717, 1.165) is 34.7 Å². The number of amides is 2. The van der Waals surface area contributed by atoms with E-state index in [9.17, 15) is 9.59 Å². The van der Waals surface area contributed by atoms with Crippen LogP contribution < -0.4 is 10.6 Å². The van der Waals surface area contributed by atoms with E-state index in [2.05, 4.69) is 26.2 Å². The van der Waals surface area contributed by atoms with E-state index in [0.29, 0.717) is 17.6 Å². The van der Waals surface area contributed by atoms with E-state index in [-0.39, 0.29) is 24.8 Å². The van der Waals surface area contributed by atoms with Gasteiger partial charge in [0, 0.05) is 11.3 Å². The maximum absolute atomic E-state index is 12.4. The Balaban J connectivity index is 1.19. The molecule has 1 aromatic heterocycles. The van der Waals surface area contributed by atoms with Crippen molar-refractivity contribution in [3.8, 4) is 11.4 Å². The molecule has 5 rings (SSSR count). The van der Waals surface area contributed by atoms with Crippen molar-refractivity contribution in [2.24, 2.45) is 0 Å². The molecule has 160 valence electrons. The lowest BCUT2D eigenvalue weighted by Gasteiger charge is -2.10. The van der Waals surface area contributed by atoms with Gasteiger partial charge in [-0.15, -0.1) is 5.10 Å². The highest BCUT2D eigenvalue weighted by atomic mass is 16.2. The Bertz CT molecular complexity index is 1290. The fourth-order valence-corrected chi connectivity index (χ4v) is 3.75. The van der Waals surface area contributed by atoms with Gasteiger partial charge in [0.1, 0.15) is 0 Å². The lowest BCUT2D eigenvalue weighted by Crippen LogP contribution is -2.33. The van der Waals surface area contributed by atoms with Crippen LogP contribution in [-0.4, -0.2) is 38.6 Å². The van der Waals surface area contributed by atoms with Gasteiger partial charge in [0.25, 0.3) is 0 Å². The molecule has 4 aromatic rings. The molecule has 0 radical (unpaired) electrons. The minimum atomic E-state index is -0.296. The Morgan fingerprint density at radius 1 is 0.969 bits per heavy atom. The van der Waals surface area contributed by atoms with Crippen molar-refractivity contribution in [1.29, 1.82) is 0 Å². The number of aromatic nitrogens is 4. The summed E-state index contributed by atoms with van der Waals surface area (Å²) in [5, 5.41) is 19.6. The van der Waals surface area contributed by atoms with E-state index in [1.807, 2.05) is 65.3 Å². The first-order valence-corrected chi connectivity index (χ1v) is 10.6. The number of nitrogens with zero attached hydrogens (tertiary/aromatic N) is 4. The molecule has 1 fully saturated rings. The summed E-state index contributed by atoms with van der Waals surface area (Å²) >= 11 is 0. The first-order valence-electron chi connectivity index (χ1n) is 10.6. The number of fused-ring (bicyclic) bond motifs is 1. The predicted molar refractivity (Wildman–Crippen MR) is 121 cm³/mol. The summed E-state index contributed by atoms with van der Waals surface area (Å²) in [4.78, 5) is 24.8. The molecule has 0 saturated heterocycles. The number of carbonyl (C=O) groups excluding carboxylic acids is 2. The molecular weight excluding hydrogens is 404 g/mol. The third kappa shape index (κ3) is 4.34. The van der Waals surface area contributed by atoms with Gasteiger partial charge < -0.3 is 10.6 Å². The maximum atomic E-state index is 12.4. The highest BCUT2D eigenvalue weighted by Gasteiger charge is 2.28. The SMILES string of the molecule is O=C(Cc1cccc2ccccc12)NCC(=O)Nc1cccc(-c2nnnn2C2CC2)c1. The lowest BCUT2D eigenvalue weighted by molar-refractivity contribution is -0.123. The minimum Gasteiger partial charge on any atom is -0.347 e. The molecule has 8 heteroatoms. The molecule has 0 unspecified atom stereocenters. The highest BCUT2D eigenvalue weighted by Crippen LogP contribution is 2.36. The molecule has 3 aromatic carbocycles. The smallest absolute Gasteiger partial charge is 0.243 e. The molecule has 0 bridgehead atoms. The van der Waals surface area contributed by atoms with Gasteiger partial charge in [-0.2, -0.15) is 0 Å². The summed E-state index contributed by atoms with van der Waals surface area (Å²) < 4.78 is 1.83. The number of benzene rings is 3. The average Bonchev–Trinajstić information content (AvgIpc) is 3.54. The fourth-order valence-electron chi connectivity index (χ4n) is 3.75. The normalized spacial score (nSPS) is 13.1. The van der Waals surface area contributed by atoms with Gasteiger partial charge in [0.15, 0.2) is 5.82 Å². The molecule has 0 atom stereocenters. The van der Waals surface area contributed by atoms with E-state index in [1.165, 1.54) is 0 Å². The van der Waals surface area contributed by atoms with E-state index in [4.69, 9.17) is 0 Å². The van der Waals surface area contributed by atoms with Crippen LogP contribution in [0.3, 0.4) is 0 Å². The topological polar surface area (TPSA) is 102 Å². The average molecular weight is 426 g/mol. The van der Waals surface area contributed by atoms with Crippen molar-refractivity contribution in [3.63, 3.8) is 0 Å². The summed E-state index contributed by atoms with van der Waals surface area (Å²) in [5.74, 6) is 0.191. The second-order valence-corrected chi connectivity index (χ2v) is 7.90. The molecule has 0 spiro atoms. The zero-order valence-corrected chi connectivity index (χ0v) is 17.4. The zero-order valence-electron chi connectivity index (χ0n) is 17.4. The summed E-state index contributed by atoms with van der Waals surface area (Å²) in [6.45, 7) is -0.104. The van der Waals surface area contributed by atoms with Crippen LogP contribution in [0.25, 0.3) is 22.2 Å². The quantitative estimate of drug-likeness (QED) is 0.473. The number of anilines is 1. The Morgan fingerprint density at radius 3 is 2.66 bits per heavy atom. The van der Waals surface area contributed by atoms with Crippen LogP contribution in [0.15, 0.2) is 66.7 Å². The van der Waals surface area contributed by atoms with Gasteiger partial charge >= 0.3 is 0 Å². The third-order valence-corrected chi connectivity index (χ3v) is 5.47. The predicted octanol–water partition coefficient (Wildman–Crippen LogP) is 3.13. The number of hydrogen-bond donors (Lipinski definition) is 2. The number of hydrogen-bond acceptors (Lipinski definition) is 5. The number of rotatable bonds is 7. The van der Waals surface area contributed by atoms with E-state index < -0.39 is 0 Å². The van der Waals surface area contributed by atoms with Crippen LogP contribution >= 0.6 is 0 Å². The van der Waals surface area contributed by atoms with Crippen molar-refractivity contribution in [1.82, 2.24) is 25.5 Å². The maximum Gasteiger partial charge on any atom is 0.243 e. The Morgan fingerprint density at radius 2 is 1.78 bits per heavy atom. The van der Waals surface area contributed by atoms with Gasteiger partial charge in [0.05, 0.1) is 19.0 Å². The molecule has 0 aliphatic heterocycles. The minimum absolute atomic E-state index is 0.104. The van der Waals surface area contributed by atoms with Gasteiger partial charge in [-0.1, -0.05) is 54.6 Å². The highest BCUT2D eigenvalue weighted by molar-refractivity contribution is 5.96. The first kappa shape index (κ1) is 19.9. The number of carbonyl (C=O) groups is 2. The molecule has 2 N–H and O–H groups in total. The van der Waals surface area contributed by atoms with Crippen molar-refractivity contribution < 1.29 is 9.59 Å². The molecule has 2 amide bonds. The van der Waals surface area contributed by atoms with Gasteiger partial charge in [-0.25, -0.2) is 4.68 Å². The molecular formula is C24H22N6O2. The summed E-state index contributed by atoms with van der Waals surface area (Å²) in [6, 6.07) is 21.6.